The van der Waals surface area contributed by atoms with Crippen molar-refractivity contribution < 1.29 is 9.13 Å². The van der Waals surface area contributed by atoms with E-state index in [-0.39, 0.29) is 11.9 Å². The van der Waals surface area contributed by atoms with E-state index in [2.05, 4.69) is 5.32 Å². The monoisotopic (exact) mass is 279 g/mol. The molecule has 1 aliphatic carbocycles. The normalized spacial score (nSPS) is 17.9. The average molecular weight is 279 g/mol. The first kappa shape index (κ1) is 15.3. The molecule has 2 nitrogen and oxygen atoms in total. The lowest BCUT2D eigenvalue weighted by atomic mass is 9.90. The first-order chi connectivity index (χ1) is 9.72. The smallest absolute Gasteiger partial charge is 0.131 e. The summed E-state index contributed by atoms with van der Waals surface area (Å²) in [6.45, 7) is 5.54. The number of hydrogen-bond donors (Lipinski definition) is 1. The molecule has 112 valence electrons. The Morgan fingerprint density at radius 1 is 1.30 bits per heavy atom. The number of hydrogen-bond acceptors (Lipinski definition) is 2. The molecular weight excluding hydrogens is 253 g/mol. The maximum Gasteiger partial charge on any atom is 0.131 e. The number of ether oxygens (including phenoxy) is 1. The third kappa shape index (κ3) is 3.95. The minimum atomic E-state index is -0.181. The van der Waals surface area contributed by atoms with Crippen molar-refractivity contribution in [2.45, 2.75) is 52.0 Å². The first-order valence-electron chi connectivity index (χ1n) is 7.87. The summed E-state index contributed by atoms with van der Waals surface area (Å²) < 4.78 is 20.0. The van der Waals surface area contributed by atoms with Crippen LogP contribution in [0.3, 0.4) is 0 Å². The topological polar surface area (TPSA) is 21.3 Å². The van der Waals surface area contributed by atoms with E-state index >= 15 is 0 Å². The molecule has 0 amide bonds. The fourth-order valence-electron chi connectivity index (χ4n) is 3.03. The summed E-state index contributed by atoms with van der Waals surface area (Å²) in [4.78, 5) is 0. The Kier molecular flexibility index (Phi) is 5.84. The Labute approximate surface area is 121 Å². The van der Waals surface area contributed by atoms with Crippen LogP contribution in [0.15, 0.2) is 18.2 Å². The number of nitrogens with one attached hydrogen (secondary N) is 1. The Balaban J connectivity index is 2.04. The summed E-state index contributed by atoms with van der Waals surface area (Å²) in [7, 11) is 0. The molecule has 0 bridgehead atoms. The van der Waals surface area contributed by atoms with E-state index in [1.54, 1.807) is 6.07 Å². The van der Waals surface area contributed by atoms with Crippen molar-refractivity contribution in [3.63, 3.8) is 0 Å². The van der Waals surface area contributed by atoms with Gasteiger partial charge in [-0.2, -0.15) is 0 Å². The van der Waals surface area contributed by atoms with Gasteiger partial charge in [-0.15, -0.1) is 0 Å². The van der Waals surface area contributed by atoms with Gasteiger partial charge in [-0.3, -0.25) is 0 Å². The molecule has 1 aliphatic rings. The maximum atomic E-state index is 14.1. The molecule has 1 unspecified atom stereocenters. The quantitative estimate of drug-likeness (QED) is 0.830. The lowest BCUT2D eigenvalue weighted by Crippen LogP contribution is -2.21. The Bertz CT molecular complexity index is 415. The summed E-state index contributed by atoms with van der Waals surface area (Å²) in [6, 6.07) is 5.10. The first-order valence-corrected chi connectivity index (χ1v) is 7.87. The summed E-state index contributed by atoms with van der Waals surface area (Å²) in [5.74, 6) is 1.15. The van der Waals surface area contributed by atoms with Crippen LogP contribution < -0.4 is 10.1 Å². The standard InChI is InChI=1S/C17H26FNO/c1-3-19-13(2)17-15(18)10-7-11-16(17)20-12-14-8-5-4-6-9-14/h7,10-11,13-14,19H,3-6,8-9,12H2,1-2H3. The summed E-state index contributed by atoms with van der Waals surface area (Å²) >= 11 is 0. The molecule has 1 fully saturated rings. The van der Waals surface area contributed by atoms with Crippen LogP contribution >= 0.6 is 0 Å². The van der Waals surface area contributed by atoms with Crippen molar-refractivity contribution in [1.29, 1.82) is 0 Å². The van der Waals surface area contributed by atoms with Crippen LogP contribution in [0.2, 0.25) is 0 Å². The molecule has 0 aliphatic heterocycles. The highest BCUT2D eigenvalue weighted by Gasteiger charge is 2.18. The molecule has 1 N–H and O–H groups in total. The van der Waals surface area contributed by atoms with Crippen LogP contribution in [0.4, 0.5) is 4.39 Å². The van der Waals surface area contributed by atoms with E-state index < -0.39 is 0 Å². The van der Waals surface area contributed by atoms with Crippen LogP contribution in [0.5, 0.6) is 5.75 Å². The van der Waals surface area contributed by atoms with E-state index in [4.69, 9.17) is 4.74 Å². The zero-order valence-corrected chi connectivity index (χ0v) is 12.6. The van der Waals surface area contributed by atoms with Gasteiger partial charge in [0.2, 0.25) is 0 Å². The van der Waals surface area contributed by atoms with Gasteiger partial charge < -0.3 is 10.1 Å². The Morgan fingerprint density at radius 2 is 2.05 bits per heavy atom. The molecule has 0 aromatic heterocycles. The molecule has 1 aromatic rings. The van der Waals surface area contributed by atoms with Gasteiger partial charge in [-0.25, -0.2) is 4.39 Å². The summed E-state index contributed by atoms with van der Waals surface area (Å²) in [5, 5.41) is 3.26. The van der Waals surface area contributed by atoms with Gasteiger partial charge in [-0.1, -0.05) is 32.3 Å². The van der Waals surface area contributed by atoms with Crippen molar-refractivity contribution in [1.82, 2.24) is 5.32 Å². The number of rotatable bonds is 6. The highest BCUT2D eigenvalue weighted by Crippen LogP contribution is 2.30. The maximum absolute atomic E-state index is 14.1. The predicted octanol–water partition coefficient (Wildman–Crippen LogP) is 4.46. The van der Waals surface area contributed by atoms with Crippen LogP contribution in [-0.4, -0.2) is 13.2 Å². The largest absolute Gasteiger partial charge is 0.493 e. The molecular formula is C17H26FNO. The van der Waals surface area contributed by atoms with Gasteiger partial charge in [0.1, 0.15) is 11.6 Å². The van der Waals surface area contributed by atoms with Crippen LogP contribution in [0.25, 0.3) is 0 Å². The van der Waals surface area contributed by atoms with E-state index in [0.29, 0.717) is 17.2 Å². The Morgan fingerprint density at radius 3 is 2.75 bits per heavy atom. The fraction of sp³-hybridized carbons (Fsp3) is 0.647. The third-order valence-corrected chi connectivity index (χ3v) is 4.16. The molecule has 3 heteroatoms. The molecule has 0 radical (unpaired) electrons. The fourth-order valence-corrected chi connectivity index (χ4v) is 3.03. The number of benzene rings is 1. The van der Waals surface area contributed by atoms with Gasteiger partial charge in [0.15, 0.2) is 0 Å². The van der Waals surface area contributed by atoms with Crippen molar-refractivity contribution in [3.8, 4) is 5.75 Å². The molecule has 2 rings (SSSR count). The van der Waals surface area contributed by atoms with Crippen molar-refractivity contribution in [2.75, 3.05) is 13.2 Å². The lowest BCUT2D eigenvalue weighted by molar-refractivity contribution is 0.205. The second-order valence-corrected chi connectivity index (χ2v) is 5.75. The van der Waals surface area contributed by atoms with E-state index in [1.807, 2.05) is 19.9 Å². The highest BCUT2D eigenvalue weighted by molar-refractivity contribution is 5.37. The van der Waals surface area contributed by atoms with Crippen molar-refractivity contribution >= 4 is 0 Å². The number of halogens is 1. The van der Waals surface area contributed by atoms with Crippen molar-refractivity contribution in [2.24, 2.45) is 5.92 Å². The van der Waals surface area contributed by atoms with Gasteiger partial charge >= 0.3 is 0 Å². The second kappa shape index (κ2) is 7.63. The molecule has 1 aromatic carbocycles. The molecule has 1 saturated carbocycles. The Hall–Kier alpha value is -1.09. The second-order valence-electron chi connectivity index (χ2n) is 5.75. The summed E-state index contributed by atoms with van der Waals surface area (Å²) in [5.41, 5.74) is 0.658. The minimum absolute atomic E-state index is 0.0254. The molecule has 0 spiro atoms. The molecule has 0 heterocycles. The van der Waals surface area contributed by atoms with Crippen LogP contribution in [0.1, 0.15) is 57.6 Å². The predicted molar refractivity (Wildman–Crippen MR) is 80.6 cm³/mol. The molecule has 1 atom stereocenters. The summed E-state index contributed by atoms with van der Waals surface area (Å²) in [6.07, 6.45) is 6.44. The van der Waals surface area contributed by atoms with E-state index in [9.17, 15) is 4.39 Å². The zero-order valence-electron chi connectivity index (χ0n) is 12.6. The third-order valence-electron chi connectivity index (χ3n) is 4.16. The van der Waals surface area contributed by atoms with E-state index in [0.717, 1.165) is 13.2 Å². The van der Waals surface area contributed by atoms with Gasteiger partial charge in [0.25, 0.3) is 0 Å². The van der Waals surface area contributed by atoms with Gasteiger partial charge in [0.05, 0.1) is 6.61 Å². The van der Waals surface area contributed by atoms with E-state index in [1.165, 1.54) is 38.2 Å². The van der Waals surface area contributed by atoms with Gasteiger partial charge in [0, 0.05) is 11.6 Å². The average Bonchev–Trinajstić information content (AvgIpc) is 2.46. The van der Waals surface area contributed by atoms with Crippen LogP contribution in [-0.2, 0) is 0 Å². The zero-order chi connectivity index (χ0) is 14.4. The highest BCUT2D eigenvalue weighted by atomic mass is 19.1. The lowest BCUT2D eigenvalue weighted by Gasteiger charge is -2.24. The van der Waals surface area contributed by atoms with Gasteiger partial charge in [-0.05, 0) is 44.4 Å². The molecule has 20 heavy (non-hydrogen) atoms. The van der Waals surface area contributed by atoms with Crippen molar-refractivity contribution in [3.05, 3.63) is 29.6 Å². The SMILES string of the molecule is CCNC(C)c1c(F)cccc1OCC1CCCCC1. The molecule has 0 saturated heterocycles. The minimum Gasteiger partial charge on any atom is -0.493 e. The van der Waals surface area contributed by atoms with Crippen LogP contribution in [0, 0.1) is 11.7 Å².